The van der Waals surface area contributed by atoms with Crippen molar-refractivity contribution in [2.24, 2.45) is 18.4 Å². The number of aromatic nitrogens is 4. The van der Waals surface area contributed by atoms with Gasteiger partial charge in [-0.3, -0.25) is 24.0 Å². The van der Waals surface area contributed by atoms with Crippen LogP contribution in [0.5, 0.6) is 0 Å². The number of imidazole rings is 1. The van der Waals surface area contributed by atoms with Crippen LogP contribution in [0.3, 0.4) is 0 Å². The number of carbonyl (C=O) groups excluding carboxylic acids is 3. The van der Waals surface area contributed by atoms with Gasteiger partial charge in [-0.2, -0.15) is 5.10 Å². The summed E-state index contributed by atoms with van der Waals surface area (Å²) in [5, 5.41) is 17.2. The van der Waals surface area contributed by atoms with Crippen molar-refractivity contribution in [3.63, 3.8) is 0 Å². The van der Waals surface area contributed by atoms with Gasteiger partial charge in [-0.15, -0.1) is 0 Å². The van der Waals surface area contributed by atoms with Gasteiger partial charge in [0.2, 0.25) is 5.91 Å². The maximum Gasteiger partial charge on any atom is 0.291 e. The largest absolute Gasteiger partial charge is 0.355 e. The molecule has 12 nitrogen and oxygen atoms in total. The van der Waals surface area contributed by atoms with Crippen LogP contribution in [-0.2, 0) is 31.4 Å². The van der Waals surface area contributed by atoms with Gasteiger partial charge in [-0.05, 0) is 124 Å². The monoisotopic (exact) mass is 745 g/mol. The molecule has 8 rings (SSSR count). The van der Waals surface area contributed by atoms with Crippen LogP contribution >= 0.6 is 0 Å². The first-order valence-electron chi connectivity index (χ1n) is 20.2. The van der Waals surface area contributed by atoms with Crippen molar-refractivity contribution >= 4 is 29.1 Å². The predicted octanol–water partition coefficient (Wildman–Crippen LogP) is 6.29. The Morgan fingerprint density at radius 1 is 0.909 bits per heavy atom. The van der Waals surface area contributed by atoms with E-state index < -0.39 is 0 Å². The Labute approximate surface area is 323 Å². The summed E-state index contributed by atoms with van der Waals surface area (Å²) in [5.41, 5.74) is 9.36. The molecule has 2 aromatic heterocycles. The van der Waals surface area contributed by atoms with Gasteiger partial charge in [0.25, 0.3) is 11.8 Å². The molecule has 2 aliphatic heterocycles. The van der Waals surface area contributed by atoms with Gasteiger partial charge >= 0.3 is 0 Å². The predicted molar refractivity (Wildman–Crippen MR) is 214 cm³/mol. The fourth-order valence-corrected chi connectivity index (χ4v) is 9.81. The molecular formula is C43H55N9O3. The van der Waals surface area contributed by atoms with Gasteiger partial charge in [0.05, 0.1) is 11.4 Å². The molecule has 0 radical (unpaired) electrons. The zero-order chi connectivity index (χ0) is 38.3. The number of hydrogen-bond acceptors (Lipinski definition) is 7. The van der Waals surface area contributed by atoms with Crippen LogP contribution in [0.15, 0.2) is 42.5 Å². The van der Waals surface area contributed by atoms with Crippen LogP contribution in [0.25, 0.3) is 11.1 Å². The molecule has 2 aliphatic carbocycles. The third-order valence-corrected chi connectivity index (χ3v) is 13.0. The van der Waals surface area contributed by atoms with Crippen molar-refractivity contribution < 1.29 is 14.4 Å². The van der Waals surface area contributed by atoms with E-state index in [0.717, 1.165) is 96.4 Å². The summed E-state index contributed by atoms with van der Waals surface area (Å²) in [6.45, 7) is 10.4. The third-order valence-electron chi connectivity index (χ3n) is 13.0. The maximum absolute atomic E-state index is 13.8. The molecule has 2 fully saturated rings. The summed E-state index contributed by atoms with van der Waals surface area (Å²) in [6.07, 6.45) is 11.2. The van der Waals surface area contributed by atoms with Crippen LogP contribution in [-0.4, -0.2) is 68.1 Å². The number of amides is 3. The number of nitrogens with one attached hydrogen (secondary N) is 4. The maximum atomic E-state index is 13.8. The lowest BCUT2D eigenvalue weighted by Crippen LogP contribution is -2.34. The van der Waals surface area contributed by atoms with E-state index >= 15 is 0 Å². The van der Waals surface area contributed by atoms with E-state index in [-0.39, 0.29) is 23.8 Å². The average Bonchev–Trinajstić information content (AvgIpc) is 3.97. The number of aryl methyl sites for hydroxylation is 1. The van der Waals surface area contributed by atoms with Crippen LogP contribution in [0.1, 0.15) is 114 Å². The molecule has 0 saturated heterocycles. The lowest BCUT2D eigenvalue weighted by atomic mass is 9.81. The molecule has 1 atom stereocenters. The number of nitrogens with zero attached hydrogens (tertiary/aromatic N) is 5. The molecule has 4 N–H and O–H groups in total. The molecule has 4 heterocycles. The minimum Gasteiger partial charge on any atom is -0.355 e. The van der Waals surface area contributed by atoms with E-state index in [0.29, 0.717) is 35.7 Å². The van der Waals surface area contributed by atoms with Gasteiger partial charge < -0.3 is 25.8 Å². The third kappa shape index (κ3) is 7.58. The van der Waals surface area contributed by atoms with Crippen molar-refractivity contribution in [3.8, 4) is 11.1 Å². The minimum absolute atomic E-state index is 0.0523. The Hall–Kier alpha value is -4.81. The molecule has 4 aliphatic rings. The van der Waals surface area contributed by atoms with Crippen LogP contribution in [0.4, 0.5) is 11.4 Å². The van der Waals surface area contributed by atoms with Crippen molar-refractivity contribution in [2.75, 3.05) is 36.8 Å². The zero-order valence-corrected chi connectivity index (χ0v) is 32.8. The van der Waals surface area contributed by atoms with Crippen LogP contribution < -0.4 is 21.3 Å². The summed E-state index contributed by atoms with van der Waals surface area (Å²) < 4.78 is 3.90. The highest BCUT2D eigenvalue weighted by Crippen LogP contribution is 2.56. The summed E-state index contributed by atoms with van der Waals surface area (Å²) in [4.78, 5) is 46.1. The number of fused-ring (bicyclic) bond motifs is 4. The number of anilines is 2. The lowest BCUT2D eigenvalue weighted by molar-refractivity contribution is -0.118. The Bertz CT molecular complexity index is 2110. The number of hydrogen-bond donors (Lipinski definition) is 4. The highest BCUT2D eigenvalue weighted by Gasteiger charge is 2.44. The Balaban J connectivity index is 0.931. The summed E-state index contributed by atoms with van der Waals surface area (Å²) in [5.74, 6) is 0.888. The fraction of sp³-hybridized carbons (Fsp3) is 0.512. The van der Waals surface area contributed by atoms with E-state index in [9.17, 15) is 14.4 Å². The van der Waals surface area contributed by atoms with Gasteiger partial charge in [0.1, 0.15) is 0 Å². The highest BCUT2D eigenvalue weighted by molar-refractivity contribution is 6.05. The van der Waals surface area contributed by atoms with E-state index in [1.807, 2.05) is 72.6 Å². The first-order valence-corrected chi connectivity index (χ1v) is 20.2. The van der Waals surface area contributed by atoms with E-state index in [1.54, 1.807) is 0 Å². The Morgan fingerprint density at radius 3 is 2.29 bits per heavy atom. The van der Waals surface area contributed by atoms with E-state index in [4.69, 9.17) is 4.98 Å². The molecule has 2 bridgehead atoms. The molecule has 12 heteroatoms. The van der Waals surface area contributed by atoms with E-state index in [1.165, 1.54) is 45.4 Å². The normalized spacial score (nSPS) is 21.6. The second kappa shape index (κ2) is 15.4. The molecule has 0 spiro atoms. The van der Waals surface area contributed by atoms with Crippen molar-refractivity contribution in [1.29, 1.82) is 0 Å². The zero-order valence-electron chi connectivity index (χ0n) is 32.8. The molecule has 3 amide bonds. The number of benzene rings is 2. The Morgan fingerprint density at radius 2 is 1.62 bits per heavy atom. The second-order valence-corrected chi connectivity index (χ2v) is 16.5. The fourth-order valence-electron chi connectivity index (χ4n) is 9.81. The quantitative estimate of drug-likeness (QED) is 0.125. The van der Waals surface area contributed by atoms with Crippen LogP contribution in [0.2, 0.25) is 0 Å². The van der Waals surface area contributed by atoms with Crippen LogP contribution in [0, 0.1) is 25.2 Å². The second-order valence-electron chi connectivity index (χ2n) is 16.5. The highest BCUT2D eigenvalue weighted by atomic mass is 16.2. The molecular weight excluding hydrogens is 691 g/mol. The lowest BCUT2D eigenvalue weighted by Gasteiger charge is -2.32. The molecule has 2 aromatic carbocycles. The summed E-state index contributed by atoms with van der Waals surface area (Å²) in [7, 11) is 1.96. The number of carbonyl (C=O) groups is 3. The van der Waals surface area contributed by atoms with Crippen molar-refractivity contribution in [2.45, 2.75) is 97.7 Å². The van der Waals surface area contributed by atoms with Gasteiger partial charge in [-0.25, -0.2) is 4.98 Å². The van der Waals surface area contributed by atoms with Gasteiger partial charge in [-0.1, -0.05) is 24.3 Å². The first kappa shape index (κ1) is 37.1. The topological polar surface area (TPSA) is 138 Å². The Kier molecular flexibility index (Phi) is 10.4. The van der Waals surface area contributed by atoms with Crippen molar-refractivity contribution in [1.82, 2.24) is 34.9 Å². The molecule has 1 unspecified atom stereocenters. The SMILES string of the molecule is CC(=O)NCCNC1CCCn2nc(C(=O)Nc3cccc(-c4cccc(NC(=O)c5nc6c(n5C)CCN(CCC57CCC(CC5)C7)C6)c4C)c3C)cc21. The molecule has 2 saturated carbocycles. The smallest absolute Gasteiger partial charge is 0.291 e. The number of rotatable bonds is 12. The molecule has 290 valence electrons. The molecule has 55 heavy (non-hydrogen) atoms. The summed E-state index contributed by atoms with van der Waals surface area (Å²) in [6, 6.07) is 13.8. The standard InChI is InChI=1S/C43H55N9O3/c1-27-31(8-5-10-33(27)47-41(54)36-24-39-35(12-7-21-52(39)49-36)45-20-19-44-29(3)53)32-9-6-11-34(28(32)2)48-42(55)40-46-37-26-51(22-15-38(37)50(40)4)23-18-43-16-13-30(25-43)14-17-43/h5-6,8-11,24,30,35,45H,7,12-23,25-26H2,1-4H3,(H,44,53)(H,47,54)(H,48,55). The first-order chi connectivity index (χ1) is 26.6. The summed E-state index contributed by atoms with van der Waals surface area (Å²) >= 11 is 0. The average molecular weight is 746 g/mol. The van der Waals surface area contributed by atoms with Gasteiger partial charge in [0.15, 0.2) is 11.5 Å². The molecule has 4 aromatic rings. The van der Waals surface area contributed by atoms with E-state index in [2.05, 4.69) is 31.3 Å². The van der Waals surface area contributed by atoms with Gasteiger partial charge in [0, 0.05) is 76.2 Å². The van der Waals surface area contributed by atoms with Crippen molar-refractivity contribution in [3.05, 3.63) is 82.2 Å². The minimum atomic E-state index is -0.266.